The molecular weight excluding hydrogens is 809 g/mol. The number of para-hydroxylation sites is 1. The van der Waals surface area contributed by atoms with Crippen LogP contribution in [0.2, 0.25) is 0 Å². The molecule has 0 saturated heterocycles. The highest BCUT2D eigenvalue weighted by molar-refractivity contribution is 6.13. The number of aliphatic imine (C=N–C) groups is 2. The van der Waals surface area contributed by atoms with Crippen LogP contribution in [0.1, 0.15) is 81.1 Å². The van der Waals surface area contributed by atoms with E-state index in [1.807, 2.05) is 72.8 Å². The predicted molar refractivity (Wildman–Crippen MR) is 269 cm³/mol. The highest BCUT2D eigenvalue weighted by atomic mass is 15.3. The van der Waals surface area contributed by atoms with E-state index in [0.29, 0.717) is 28.9 Å². The molecule has 3 heterocycles. The summed E-state index contributed by atoms with van der Waals surface area (Å²) >= 11 is 0. The molecule has 322 valence electrons. The Bertz CT molecular complexity index is 3360. The Morgan fingerprint density at radius 3 is 1.67 bits per heavy atom. The molecule has 0 saturated carbocycles. The quantitative estimate of drug-likeness (QED) is 0.159. The lowest BCUT2D eigenvalue weighted by atomic mass is 9.86. The molecule has 0 radical (unpaired) electrons. The smallest absolute Gasteiger partial charge is 0.164 e. The van der Waals surface area contributed by atoms with Gasteiger partial charge in [-0.25, -0.2) is 24.9 Å². The number of hydrogen-bond donors (Lipinski definition) is 0. The highest BCUT2D eigenvalue weighted by Crippen LogP contribution is 2.40. The van der Waals surface area contributed by atoms with Crippen molar-refractivity contribution in [2.24, 2.45) is 9.98 Å². The first-order valence-electron chi connectivity index (χ1n) is 22.4. The third-order valence-electron chi connectivity index (χ3n) is 12.4. The van der Waals surface area contributed by atoms with Gasteiger partial charge >= 0.3 is 0 Å². The molecule has 0 aliphatic carbocycles. The molecule has 2 aromatic heterocycles. The van der Waals surface area contributed by atoms with Crippen LogP contribution in [0.15, 0.2) is 180 Å². The first-order valence-corrected chi connectivity index (χ1v) is 22.4. The monoisotopic (exact) mass is 858 g/mol. The van der Waals surface area contributed by atoms with Gasteiger partial charge in [0.2, 0.25) is 0 Å². The summed E-state index contributed by atoms with van der Waals surface area (Å²) in [7, 11) is 2.06. The van der Waals surface area contributed by atoms with Gasteiger partial charge in [-0.3, -0.25) is 0 Å². The Hall–Kier alpha value is -8.02. The average Bonchev–Trinajstić information content (AvgIpc) is 3.67. The number of fused-ring (bicyclic) bond motifs is 3. The van der Waals surface area contributed by atoms with Crippen molar-refractivity contribution < 1.29 is 0 Å². The summed E-state index contributed by atoms with van der Waals surface area (Å²) in [6.07, 6.45) is -0.541. The van der Waals surface area contributed by atoms with Gasteiger partial charge in [0.25, 0.3) is 0 Å². The van der Waals surface area contributed by atoms with Crippen molar-refractivity contribution in [2.45, 2.75) is 58.5 Å². The fraction of sp³-hybridized carbons (Fsp3) is 0.172. The van der Waals surface area contributed by atoms with Crippen molar-refractivity contribution in [1.29, 1.82) is 5.26 Å². The lowest BCUT2D eigenvalue weighted by Crippen LogP contribution is -2.36. The SMILES string of the molecule is CN1C(c2cccc(C(C)(C)C)c2)=NC(c2cccc(C(C)(C)C)c2)=NC1c1cc(C#N)ccc1-n1c2ccccc2c2cc(-c3nc(-c4ccccc4)nc(-c4ccccc4)n3)ccc21. The van der Waals surface area contributed by atoms with E-state index in [1.54, 1.807) is 0 Å². The maximum absolute atomic E-state index is 10.4. The molecular formula is C58H50N8. The van der Waals surface area contributed by atoms with E-state index in [9.17, 15) is 5.26 Å². The zero-order valence-corrected chi connectivity index (χ0v) is 38.3. The standard InChI is InChI=1S/C58H50N8/c1-57(2,3)43-24-16-22-40(33-43)54-63-55(42-23-17-25-44(34-42)58(4,5)6)65(7)56(64-54)47-32-37(36-59)28-30-50(47)66-48-27-15-14-26-45(48)46-35-41(29-31-49(46)66)53-61-51(38-18-10-8-11-19-38)60-52(62-53)39-20-12-9-13-21-39/h8-35,56H,1-7H3. The Morgan fingerprint density at radius 1 is 0.500 bits per heavy atom. The van der Waals surface area contributed by atoms with Crippen LogP contribution in [0.3, 0.4) is 0 Å². The van der Waals surface area contributed by atoms with E-state index < -0.39 is 6.17 Å². The Morgan fingerprint density at radius 2 is 1.05 bits per heavy atom. The molecule has 0 amide bonds. The maximum atomic E-state index is 10.4. The largest absolute Gasteiger partial charge is 0.333 e. The van der Waals surface area contributed by atoms with Crippen LogP contribution in [-0.2, 0) is 10.8 Å². The van der Waals surface area contributed by atoms with Crippen molar-refractivity contribution in [2.75, 3.05) is 7.05 Å². The molecule has 0 bridgehead atoms. The van der Waals surface area contributed by atoms with Gasteiger partial charge in [0.05, 0.1) is 28.4 Å². The Balaban J connectivity index is 1.17. The minimum Gasteiger partial charge on any atom is -0.333 e. The third kappa shape index (κ3) is 7.83. The molecule has 1 unspecified atom stereocenters. The van der Waals surface area contributed by atoms with Gasteiger partial charge in [-0.2, -0.15) is 5.26 Å². The first-order chi connectivity index (χ1) is 31.8. The second kappa shape index (κ2) is 16.5. The second-order valence-electron chi connectivity index (χ2n) is 19.0. The van der Waals surface area contributed by atoms with Gasteiger partial charge in [-0.15, -0.1) is 0 Å². The predicted octanol–water partition coefficient (Wildman–Crippen LogP) is 13.3. The minimum absolute atomic E-state index is 0.0657. The Labute approximate surface area is 386 Å². The van der Waals surface area contributed by atoms with Gasteiger partial charge in [0.15, 0.2) is 29.5 Å². The molecule has 10 rings (SSSR count). The van der Waals surface area contributed by atoms with E-state index >= 15 is 0 Å². The second-order valence-corrected chi connectivity index (χ2v) is 19.0. The molecule has 66 heavy (non-hydrogen) atoms. The fourth-order valence-electron chi connectivity index (χ4n) is 8.81. The van der Waals surface area contributed by atoms with Crippen molar-refractivity contribution in [3.05, 3.63) is 203 Å². The molecule has 0 fully saturated rings. The third-order valence-corrected chi connectivity index (χ3v) is 12.4. The van der Waals surface area contributed by atoms with Gasteiger partial charge in [0, 0.05) is 51.2 Å². The summed E-state index contributed by atoms with van der Waals surface area (Å²) < 4.78 is 2.30. The topological polar surface area (TPSA) is 95.3 Å². The van der Waals surface area contributed by atoms with Crippen LogP contribution in [0, 0.1) is 11.3 Å². The van der Waals surface area contributed by atoms with Crippen molar-refractivity contribution >= 4 is 33.5 Å². The van der Waals surface area contributed by atoms with Crippen molar-refractivity contribution in [3.8, 4) is 45.9 Å². The van der Waals surface area contributed by atoms with E-state index in [-0.39, 0.29) is 10.8 Å². The maximum Gasteiger partial charge on any atom is 0.164 e. The zero-order valence-electron chi connectivity index (χ0n) is 38.3. The summed E-state index contributed by atoms with van der Waals surface area (Å²) in [5, 5.41) is 12.6. The van der Waals surface area contributed by atoms with Gasteiger partial charge in [-0.05, 0) is 76.6 Å². The Kier molecular flexibility index (Phi) is 10.5. The molecule has 8 nitrogen and oxygen atoms in total. The van der Waals surface area contributed by atoms with Crippen LogP contribution >= 0.6 is 0 Å². The number of aromatic nitrogens is 4. The normalized spacial score (nSPS) is 14.3. The number of benzene rings is 7. The molecule has 1 atom stereocenters. The average molecular weight is 859 g/mol. The number of nitrogens with zero attached hydrogens (tertiary/aromatic N) is 8. The van der Waals surface area contributed by atoms with Crippen LogP contribution in [-0.4, -0.2) is 43.1 Å². The van der Waals surface area contributed by atoms with Crippen LogP contribution < -0.4 is 0 Å². The highest BCUT2D eigenvalue weighted by Gasteiger charge is 2.31. The van der Waals surface area contributed by atoms with Gasteiger partial charge < -0.3 is 9.47 Å². The van der Waals surface area contributed by atoms with E-state index in [1.165, 1.54) is 11.1 Å². The lowest BCUT2D eigenvalue weighted by Gasteiger charge is -2.34. The zero-order chi connectivity index (χ0) is 45.7. The number of hydrogen-bond acceptors (Lipinski definition) is 7. The van der Waals surface area contributed by atoms with E-state index in [4.69, 9.17) is 24.9 Å². The van der Waals surface area contributed by atoms with Gasteiger partial charge in [0.1, 0.15) is 5.84 Å². The first kappa shape index (κ1) is 42.0. The van der Waals surface area contributed by atoms with Crippen LogP contribution in [0.5, 0.6) is 0 Å². The molecule has 7 aromatic carbocycles. The number of nitriles is 1. The molecule has 9 aromatic rings. The number of amidine groups is 2. The summed E-state index contributed by atoms with van der Waals surface area (Å²) in [5.74, 6) is 3.25. The molecule has 0 N–H and O–H groups in total. The van der Waals surface area contributed by atoms with Crippen molar-refractivity contribution in [3.63, 3.8) is 0 Å². The van der Waals surface area contributed by atoms with E-state index in [2.05, 4.69) is 161 Å². The summed E-state index contributed by atoms with van der Waals surface area (Å²) in [4.78, 5) is 28.1. The lowest BCUT2D eigenvalue weighted by molar-refractivity contribution is 0.382. The number of rotatable bonds is 7. The van der Waals surface area contributed by atoms with Crippen LogP contribution in [0.4, 0.5) is 0 Å². The summed E-state index contributed by atoms with van der Waals surface area (Å²) in [6.45, 7) is 13.4. The van der Waals surface area contributed by atoms with Crippen LogP contribution in [0.25, 0.3) is 61.7 Å². The molecule has 1 aliphatic heterocycles. The molecule has 8 heteroatoms. The summed E-state index contributed by atoms with van der Waals surface area (Å²) in [5.41, 5.74) is 11.3. The molecule has 1 aliphatic rings. The van der Waals surface area contributed by atoms with Gasteiger partial charge in [-0.1, -0.05) is 157 Å². The minimum atomic E-state index is -0.541. The molecule has 0 spiro atoms. The summed E-state index contributed by atoms with van der Waals surface area (Å²) in [6, 6.07) is 60.6. The fourth-order valence-corrected chi connectivity index (χ4v) is 8.81. The van der Waals surface area contributed by atoms with E-state index in [0.717, 1.165) is 66.7 Å². The van der Waals surface area contributed by atoms with Crippen molar-refractivity contribution in [1.82, 2.24) is 24.4 Å².